The molecule has 0 aliphatic carbocycles. The highest BCUT2D eigenvalue weighted by atomic mass is 32.1. The molecule has 1 fully saturated rings. The number of carbonyl (C=O) groups excluding carboxylic acids is 1. The summed E-state index contributed by atoms with van der Waals surface area (Å²) in [4.78, 5) is 11.6. The predicted molar refractivity (Wildman–Crippen MR) is 54.3 cm³/mol. The van der Waals surface area contributed by atoms with Gasteiger partial charge in [0.05, 0.1) is 6.04 Å². The van der Waals surface area contributed by atoms with Crippen molar-refractivity contribution in [1.82, 2.24) is 15.5 Å². The maximum Gasteiger partial charge on any atom is 0.243 e. The lowest BCUT2D eigenvalue weighted by molar-refractivity contribution is -0.117. The Morgan fingerprint density at radius 2 is 2.50 bits per heavy atom. The smallest absolute Gasteiger partial charge is 0.243 e. The zero-order valence-electron chi connectivity index (χ0n) is 7.91. The highest BCUT2D eigenvalue weighted by Crippen LogP contribution is 2.15. The standard InChI is InChI=1S/C8H12N4OS/c1-5-11-12-8(14-5)10-7(13)6-3-2-4-9-6/h6,9H,2-4H2,1H3,(H,10,12,13). The second kappa shape index (κ2) is 4.02. The molecule has 2 N–H and O–H groups in total. The number of aromatic nitrogens is 2. The largest absolute Gasteiger partial charge is 0.306 e. The first kappa shape index (κ1) is 9.54. The van der Waals surface area contributed by atoms with Gasteiger partial charge in [0.1, 0.15) is 5.01 Å². The Labute approximate surface area is 85.9 Å². The van der Waals surface area contributed by atoms with Crippen molar-refractivity contribution in [3.8, 4) is 0 Å². The molecule has 14 heavy (non-hydrogen) atoms. The maximum absolute atomic E-state index is 11.6. The van der Waals surface area contributed by atoms with Crippen molar-refractivity contribution in [2.45, 2.75) is 25.8 Å². The summed E-state index contributed by atoms with van der Waals surface area (Å²) in [6.45, 7) is 2.79. The molecule has 2 rings (SSSR count). The molecule has 1 saturated heterocycles. The highest BCUT2D eigenvalue weighted by Gasteiger charge is 2.22. The third kappa shape index (κ3) is 2.08. The fourth-order valence-electron chi connectivity index (χ4n) is 1.45. The van der Waals surface area contributed by atoms with E-state index in [1.807, 2.05) is 6.92 Å². The number of carbonyl (C=O) groups is 1. The van der Waals surface area contributed by atoms with Gasteiger partial charge in [-0.1, -0.05) is 11.3 Å². The Morgan fingerprint density at radius 1 is 1.64 bits per heavy atom. The number of nitrogens with zero attached hydrogens (tertiary/aromatic N) is 2. The van der Waals surface area contributed by atoms with Crippen LogP contribution >= 0.6 is 11.3 Å². The van der Waals surface area contributed by atoms with Crippen LogP contribution in [0.3, 0.4) is 0 Å². The first-order valence-corrected chi connectivity index (χ1v) is 5.42. The van der Waals surface area contributed by atoms with Gasteiger partial charge in [-0.3, -0.25) is 10.1 Å². The van der Waals surface area contributed by atoms with E-state index in [0.717, 1.165) is 24.4 Å². The minimum Gasteiger partial charge on any atom is -0.306 e. The van der Waals surface area contributed by atoms with Crippen LogP contribution in [-0.2, 0) is 4.79 Å². The molecule has 0 aromatic carbocycles. The van der Waals surface area contributed by atoms with Gasteiger partial charge >= 0.3 is 0 Å². The lowest BCUT2D eigenvalue weighted by Gasteiger charge is -2.07. The molecular formula is C8H12N4OS. The normalized spacial score (nSPS) is 21.1. The SMILES string of the molecule is Cc1nnc(NC(=O)C2CCCN2)s1. The number of hydrogen-bond donors (Lipinski definition) is 2. The minimum atomic E-state index is -0.0563. The average molecular weight is 212 g/mol. The van der Waals surface area contributed by atoms with E-state index in [9.17, 15) is 4.79 Å². The van der Waals surface area contributed by atoms with Crippen molar-refractivity contribution >= 4 is 22.4 Å². The van der Waals surface area contributed by atoms with Crippen LogP contribution in [0.25, 0.3) is 0 Å². The Hall–Kier alpha value is -1.01. The molecule has 1 aliphatic rings. The van der Waals surface area contributed by atoms with Crippen LogP contribution in [-0.4, -0.2) is 28.7 Å². The van der Waals surface area contributed by atoms with Gasteiger partial charge in [-0.25, -0.2) is 0 Å². The van der Waals surface area contributed by atoms with Crippen LogP contribution in [0.2, 0.25) is 0 Å². The molecule has 1 aromatic rings. The van der Waals surface area contributed by atoms with Crippen molar-refractivity contribution in [3.63, 3.8) is 0 Å². The fourth-order valence-corrected chi connectivity index (χ4v) is 2.04. The van der Waals surface area contributed by atoms with Gasteiger partial charge in [0.15, 0.2) is 0 Å². The van der Waals surface area contributed by atoms with E-state index in [1.54, 1.807) is 0 Å². The summed E-state index contributed by atoms with van der Waals surface area (Å²) in [5.74, 6) is -0.00125. The van der Waals surface area contributed by atoms with Crippen LogP contribution in [0.4, 0.5) is 5.13 Å². The molecular weight excluding hydrogens is 200 g/mol. The van der Waals surface area contributed by atoms with Gasteiger partial charge in [-0.05, 0) is 26.3 Å². The Bertz CT molecular complexity index is 332. The molecule has 0 radical (unpaired) electrons. The Morgan fingerprint density at radius 3 is 3.07 bits per heavy atom. The lowest BCUT2D eigenvalue weighted by Crippen LogP contribution is -2.35. The van der Waals surface area contributed by atoms with Crippen molar-refractivity contribution in [2.24, 2.45) is 0 Å². The van der Waals surface area contributed by atoms with Gasteiger partial charge in [0, 0.05) is 0 Å². The molecule has 1 amide bonds. The maximum atomic E-state index is 11.6. The number of hydrogen-bond acceptors (Lipinski definition) is 5. The summed E-state index contributed by atoms with van der Waals surface area (Å²) in [5.41, 5.74) is 0. The fraction of sp³-hybridized carbons (Fsp3) is 0.625. The first-order chi connectivity index (χ1) is 6.75. The molecule has 1 aromatic heterocycles. The Kier molecular flexibility index (Phi) is 2.74. The molecule has 0 bridgehead atoms. The molecule has 76 valence electrons. The monoisotopic (exact) mass is 212 g/mol. The number of rotatable bonds is 2. The summed E-state index contributed by atoms with van der Waals surface area (Å²) in [7, 11) is 0. The first-order valence-electron chi connectivity index (χ1n) is 4.60. The topological polar surface area (TPSA) is 66.9 Å². The zero-order valence-corrected chi connectivity index (χ0v) is 8.73. The lowest BCUT2D eigenvalue weighted by atomic mass is 10.2. The summed E-state index contributed by atoms with van der Waals surface area (Å²) >= 11 is 1.39. The van der Waals surface area contributed by atoms with Crippen LogP contribution in [0.1, 0.15) is 17.8 Å². The van der Waals surface area contributed by atoms with Crippen molar-refractivity contribution in [2.75, 3.05) is 11.9 Å². The van der Waals surface area contributed by atoms with Gasteiger partial charge in [-0.15, -0.1) is 10.2 Å². The van der Waals surface area contributed by atoms with Gasteiger partial charge in [0.2, 0.25) is 11.0 Å². The van der Waals surface area contributed by atoms with E-state index >= 15 is 0 Å². The molecule has 5 nitrogen and oxygen atoms in total. The molecule has 2 heterocycles. The molecule has 6 heteroatoms. The van der Waals surface area contributed by atoms with E-state index in [2.05, 4.69) is 20.8 Å². The molecule has 1 unspecified atom stereocenters. The summed E-state index contributed by atoms with van der Waals surface area (Å²) in [6.07, 6.45) is 1.97. The summed E-state index contributed by atoms with van der Waals surface area (Å²) < 4.78 is 0. The van der Waals surface area contributed by atoms with Crippen LogP contribution in [0, 0.1) is 6.92 Å². The zero-order chi connectivity index (χ0) is 9.97. The summed E-state index contributed by atoms with van der Waals surface area (Å²) in [6, 6.07) is -0.0563. The third-order valence-corrected chi connectivity index (χ3v) is 2.89. The summed E-state index contributed by atoms with van der Waals surface area (Å²) in [5, 5.41) is 15.0. The van der Waals surface area contributed by atoms with E-state index in [-0.39, 0.29) is 11.9 Å². The second-order valence-electron chi connectivity index (χ2n) is 3.26. The van der Waals surface area contributed by atoms with E-state index < -0.39 is 0 Å². The quantitative estimate of drug-likeness (QED) is 0.750. The number of anilines is 1. The average Bonchev–Trinajstić information content (AvgIpc) is 2.75. The predicted octanol–water partition coefficient (Wildman–Crippen LogP) is 0.537. The van der Waals surface area contributed by atoms with Crippen LogP contribution in [0.5, 0.6) is 0 Å². The van der Waals surface area contributed by atoms with Gasteiger partial charge in [0.25, 0.3) is 0 Å². The Balaban J connectivity index is 1.93. The van der Waals surface area contributed by atoms with Crippen molar-refractivity contribution in [1.29, 1.82) is 0 Å². The van der Waals surface area contributed by atoms with Crippen molar-refractivity contribution in [3.05, 3.63) is 5.01 Å². The molecule has 0 spiro atoms. The van der Waals surface area contributed by atoms with Gasteiger partial charge in [-0.2, -0.15) is 0 Å². The highest BCUT2D eigenvalue weighted by molar-refractivity contribution is 7.15. The number of nitrogens with one attached hydrogen (secondary N) is 2. The third-order valence-electron chi connectivity index (χ3n) is 2.13. The second-order valence-corrected chi connectivity index (χ2v) is 4.45. The molecule has 1 atom stereocenters. The molecule has 1 aliphatic heterocycles. The van der Waals surface area contributed by atoms with E-state index in [4.69, 9.17) is 0 Å². The van der Waals surface area contributed by atoms with Crippen LogP contribution < -0.4 is 10.6 Å². The van der Waals surface area contributed by atoms with E-state index in [1.165, 1.54) is 11.3 Å². The minimum absolute atomic E-state index is 0.00125. The number of aryl methyl sites for hydroxylation is 1. The number of amides is 1. The van der Waals surface area contributed by atoms with Gasteiger partial charge < -0.3 is 5.32 Å². The van der Waals surface area contributed by atoms with Crippen LogP contribution in [0.15, 0.2) is 0 Å². The van der Waals surface area contributed by atoms with E-state index in [0.29, 0.717) is 5.13 Å². The van der Waals surface area contributed by atoms with Crippen molar-refractivity contribution < 1.29 is 4.79 Å². The molecule has 0 saturated carbocycles.